The second kappa shape index (κ2) is 4.26. The highest BCUT2D eigenvalue weighted by molar-refractivity contribution is 5.74. The first-order valence-electron chi connectivity index (χ1n) is 5.13. The molecule has 1 heterocycles. The van der Waals surface area contributed by atoms with Gasteiger partial charge in [-0.25, -0.2) is 4.98 Å². The minimum absolute atomic E-state index is 0.177. The number of H-pyrrole nitrogens is 1. The van der Waals surface area contributed by atoms with Crippen LogP contribution in [0.15, 0.2) is 29.2 Å². The van der Waals surface area contributed by atoms with Crippen LogP contribution >= 0.6 is 0 Å². The first kappa shape index (κ1) is 10.5. The number of hydrogen-bond donors (Lipinski definition) is 1. The van der Waals surface area contributed by atoms with Crippen molar-refractivity contribution >= 4 is 17.3 Å². The van der Waals surface area contributed by atoms with Crippen molar-refractivity contribution < 1.29 is 4.79 Å². The zero-order chi connectivity index (χ0) is 11.5. The summed E-state index contributed by atoms with van der Waals surface area (Å²) in [6.45, 7) is 1.99. The number of nitrogens with one attached hydrogen (secondary N) is 1. The smallest absolute Gasteiger partial charge is 0.266 e. The molecule has 0 aliphatic carbocycles. The summed E-state index contributed by atoms with van der Waals surface area (Å²) in [7, 11) is 0. The molecule has 0 fully saturated rings. The molecule has 82 valence electrons. The van der Waals surface area contributed by atoms with Gasteiger partial charge >= 0.3 is 0 Å². The van der Waals surface area contributed by atoms with Crippen molar-refractivity contribution in [2.45, 2.75) is 19.3 Å². The molecule has 0 saturated heterocycles. The fraction of sp³-hybridized carbons (Fsp3) is 0.250. The van der Waals surface area contributed by atoms with Crippen molar-refractivity contribution in [3.63, 3.8) is 0 Å². The Kier molecular flexibility index (Phi) is 2.81. The first-order valence-corrected chi connectivity index (χ1v) is 5.13. The summed E-state index contributed by atoms with van der Waals surface area (Å²) >= 11 is 0. The van der Waals surface area contributed by atoms with Gasteiger partial charge in [0.15, 0.2) is 0 Å². The van der Waals surface area contributed by atoms with Crippen molar-refractivity contribution in [2.75, 3.05) is 0 Å². The van der Waals surface area contributed by atoms with E-state index in [4.69, 9.17) is 0 Å². The predicted octanol–water partition coefficient (Wildman–Crippen LogP) is 1.62. The molecule has 0 radical (unpaired) electrons. The number of nitrogens with zero attached hydrogens (tertiary/aromatic N) is 1. The monoisotopic (exact) mass is 216 g/mol. The molecule has 2 rings (SSSR count). The Balaban J connectivity index is 2.48. The molecular weight excluding hydrogens is 204 g/mol. The van der Waals surface area contributed by atoms with E-state index in [2.05, 4.69) is 9.97 Å². The molecule has 1 aromatic carbocycles. The van der Waals surface area contributed by atoms with Gasteiger partial charge in [0, 0.05) is 6.42 Å². The molecule has 16 heavy (non-hydrogen) atoms. The molecule has 0 amide bonds. The van der Waals surface area contributed by atoms with Crippen LogP contribution in [-0.2, 0) is 4.79 Å². The summed E-state index contributed by atoms with van der Waals surface area (Å²) in [6, 6.07) is 5.63. The van der Waals surface area contributed by atoms with E-state index in [9.17, 15) is 9.59 Å². The quantitative estimate of drug-likeness (QED) is 0.793. The Morgan fingerprint density at radius 2 is 2.31 bits per heavy atom. The molecule has 0 aliphatic rings. The van der Waals surface area contributed by atoms with Gasteiger partial charge in [0.25, 0.3) is 5.56 Å². The number of aromatic amines is 1. The van der Waals surface area contributed by atoms with E-state index in [0.717, 1.165) is 22.9 Å². The third-order valence-corrected chi connectivity index (χ3v) is 2.62. The summed E-state index contributed by atoms with van der Waals surface area (Å²) in [5.41, 5.74) is 2.31. The molecule has 1 N–H and O–H groups in total. The maximum atomic E-state index is 11.0. The number of aromatic nitrogens is 2. The molecule has 0 aliphatic heterocycles. The molecule has 4 nitrogen and oxygen atoms in total. The Labute approximate surface area is 92.3 Å². The molecule has 2 aromatic rings. The maximum absolute atomic E-state index is 11.0. The first-order chi connectivity index (χ1) is 7.70. The normalized spacial score (nSPS) is 12.6. The van der Waals surface area contributed by atoms with Crippen LogP contribution in [0.4, 0.5) is 0 Å². The van der Waals surface area contributed by atoms with E-state index in [1.807, 2.05) is 25.1 Å². The molecule has 0 saturated carbocycles. The number of hydrogen-bond acceptors (Lipinski definition) is 3. The fourth-order valence-electron chi connectivity index (χ4n) is 1.64. The predicted molar refractivity (Wildman–Crippen MR) is 61.5 cm³/mol. The van der Waals surface area contributed by atoms with Crippen LogP contribution in [0.2, 0.25) is 0 Å². The van der Waals surface area contributed by atoms with E-state index >= 15 is 0 Å². The van der Waals surface area contributed by atoms with E-state index in [-0.39, 0.29) is 11.5 Å². The van der Waals surface area contributed by atoms with Crippen LogP contribution in [0.3, 0.4) is 0 Å². The van der Waals surface area contributed by atoms with E-state index in [1.54, 1.807) is 0 Å². The molecule has 0 spiro atoms. The summed E-state index contributed by atoms with van der Waals surface area (Å²) in [4.78, 5) is 28.2. The highest BCUT2D eigenvalue weighted by atomic mass is 16.1. The van der Waals surface area contributed by atoms with Gasteiger partial charge in [-0.1, -0.05) is 13.0 Å². The fourth-order valence-corrected chi connectivity index (χ4v) is 1.64. The Morgan fingerprint density at radius 1 is 1.50 bits per heavy atom. The van der Waals surface area contributed by atoms with Gasteiger partial charge in [-0.15, -0.1) is 0 Å². The summed E-state index contributed by atoms with van der Waals surface area (Å²) in [6.07, 6.45) is 2.67. The zero-order valence-corrected chi connectivity index (χ0v) is 8.93. The lowest BCUT2D eigenvalue weighted by atomic mass is 9.98. The van der Waals surface area contributed by atoms with Crippen LogP contribution in [0, 0.1) is 0 Å². The highest BCUT2D eigenvalue weighted by Crippen LogP contribution is 2.20. The summed E-state index contributed by atoms with van der Waals surface area (Å²) < 4.78 is 0. The Bertz CT molecular complexity index is 574. The third kappa shape index (κ3) is 2.00. The van der Waals surface area contributed by atoms with Crippen LogP contribution in [0.5, 0.6) is 0 Å². The number of benzene rings is 1. The summed E-state index contributed by atoms with van der Waals surface area (Å²) in [5, 5.41) is 0. The molecule has 4 heteroatoms. The van der Waals surface area contributed by atoms with Gasteiger partial charge in [0.2, 0.25) is 0 Å². The number of carbonyl (C=O) groups is 1. The number of aldehydes is 1. The number of carbonyl (C=O) groups excluding carboxylic acids is 1. The molecule has 0 bridgehead atoms. The van der Waals surface area contributed by atoms with Gasteiger partial charge in [0.1, 0.15) is 6.29 Å². The lowest BCUT2D eigenvalue weighted by Gasteiger charge is -2.08. The summed E-state index contributed by atoms with van der Waals surface area (Å²) in [5.74, 6) is 0.177. The number of fused-ring (bicyclic) bond motifs is 1. The number of rotatable bonds is 3. The van der Waals surface area contributed by atoms with Gasteiger partial charge in [-0.3, -0.25) is 4.79 Å². The maximum Gasteiger partial charge on any atom is 0.266 e. The van der Waals surface area contributed by atoms with Crippen molar-refractivity contribution in [2.24, 2.45) is 0 Å². The van der Waals surface area contributed by atoms with Crippen molar-refractivity contribution in [1.82, 2.24) is 9.97 Å². The van der Waals surface area contributed by atoms with Crippen molar-refractivity contribution in [3.05, 3.63) is 40.3 Å². The van der Waals surface area contributed by atoms with Crippen LogP contribution in [0.1, 0.15) is 24.8 Å². The van der Waals surface area contributed by atoms with E-state index < -0.39 is 0 Å². The molecule has 1 atom stereocenters. The zero-order valence-electron chi connectivity index (χ0n) is 8.93. The average Bonchev–Trinajstić information content (AvgIpc) is 2.28. The van der Waals surface area contributed by atoms with E-state index in [1.165, 1.54) is 6.20 Å². The Morgan fingerprint density at radius 3 is 3.06 bits per heavy atom. The molecule has 1 aromatic heterocycles. The second-order valence-electron chi connectivity index (χ2n) is 3.83. The highest BCUT2D eigenvalue weighted by Gasteiger charge is 2.06. The van der Waals surface area contributed by atoms with Crippen molar-refractivity contribution in [1.29, 1.82) is 0 Å². The third-order valence-electron chi connectivity index (χ3n) is 2.62. The standard InChI is InChI=1S/C12H12N2O2/c1-8(4-5-15)9-2-3-10-11(6-9)13-7-12(16)14-10/h2-3,5-8H,4H2,1H3,(H,14,16). The molecule has 1 unspecified atom stereocenters. The van der Waals surface area contributed by atoms with Crippen LogP contribution in [0.25, 0.3) is 11.0 Å². The lowest BCUT2D eigenvalue weighted by Crippen LogP contribution is -2.05. The van der Waals surface area contributed by atoms with Gasteiger partial charge in [0.05, 0.1) is 17.2 Å². The minimum Gasteiger partial charge on any atom is -0.319 e. The van der Waals surface area contributed by atoms with Crippen LogP contribution in [-0.4, -0.2) is 16.3 Å². The second-order valence-corrected chi connectivity index (χ2v) is 3.83. The largest absolute Gasteiger partial charge is 0.319 e. The van der Waals surface area contributed by atoms with Gasteiger partial charge < -0.3 is 9.78 Å². The van der Waals surface area contributed by atoms with E-state index in [0.29, 0.717) is 6.42 Å². The van der Waals surface area contributed by atoms with Crippen LogP contribution < -0.4 is 5.56 Å². The lowest BCUT2D eigenvalue weighted by molar-refractivity contribution is -0.108. The van der Waals surface area contributed by atoms with Gasteiger partial charge in [-0.2, -0.15) is 0 Å². The SMILES string of the molecule is CC(CC=O)c1ccc2[nH]c(=O)cnc2c1. The molecular formula is C12H12N2O2. The minimum atomic E-state index is -0.207. The topological polar surface area (TPSA) is 62.8 Å². The average molecular weight is 216 g/mol. The van der Waals surface area contributed by atoms with Gasteiger partial charge in [-0.05, 0) is 23.6 Å². The Hall–Kier alpha value is -1.97. The van der Waals surface area contributed by atoms with Crippen molar-refractivity contribution in [3.8, 4) is 0 Å².